The van der Waals surface area contributed by atoms with Gasteiger partial charge in [-0.05, 0) is 86.1 Å². The molecular weight excluding hydrogens is 717 g/mol. The second-order valence-corrected chi connectivity index (χ2v) is 14.9. The van der Waals surface area contributed by atoms with Crippen LogP contribution in [0.15, 0.2) is 109 Å². The van der Waals surface area contributed by atoms with E-state index in [-0.39, 0.29) is 32.0 Å². The van der Waals surface area contributed by atoms with Crippen LogP contribution in [0.5, 0.6) is 11.5 Å². The minimum absolute atomic E-state index is 0.128. The van der Waals surface area contributed by atoms with E-state index in [1.807, 2.05) is 31.5 Å². The molecule has 2 fully saturated rings. The van der Waals surface area contributed by atoms with Crippen molar-refractivity contribution >= 4 is 22.4 Å². The lowest BCUT2D eigenvalue weighted by molar-refractivity contribution is -0.144. The number of ether oxygens (including phenoxy) is 3. The molecule has 2 aliphatic rings. The van der Waals surface area contributed by atoms with Gasteiger partial charge in [0.25, 0.3) is 5.92 Å². The Balaban J connectivity index is 0.858. The largest absolute Gasteiger partial charge is 0.490 e. The van der Waals surface area contributed by atoms with Crippen molar-refractivity contribution < 1.29 is 38.0 Å². The highest BCUT2D eigenvalue weighted by Crippen LogP contribution is 2.37. The van der Waals surface area contributed by atoms with Crippen LogP contribution in [-0.4, -0.2) is 83.1 Å². The summed E-state index contributed by atoms with van der Waals surface area (Å²) in [4.78, 5) is 19.1. The summed E-state index contributed by atoms with van der Waals surface area (Å²) in [6.45, 7) is 4.35. The summed E-state index contributed by atoms with van der Waals surface area (Å²) < 4.78 is 45.6. The number of pyridine rings is 1. The number of rotatable bonds is 19. The Bertz CT molecular complexity index is 1920. The van der Waals surface area contributed by atoms with Crippen molar-refractivity contribution in [1.29, 1.82) is 0 Å². The van der Waals surface area contributed by atoms with Crippen LogP contribution in [0.4, 0.5) is 14.5 Å². The highest BCUT2D eigenvalue weighted by atomic mass is 19.3. The van der Waals surface area contributed by atoms with Crippen molar-refractivity contribution in [1.82, 2.24) is 9.88 Å². The third kappa shape index (κ3) is 11.8. The summed E-state index contributed by atoms with van der Waals surface area (Å²) in [5, 5.41) is 27.0. The van der Waals surface area contributed by atoms with Crippen molar-refractivity contribution in [2.75, 3.05) is 38.2 Å². The van der Waals surface area contributed by atoms with E-state index in [1.165, 1.54) is 17.0 Å². The normalized spacial score (nSPS) is 21.6. The standard InChI is InChI=1S/C45H53F2N3O6/c1-32-16-17-33(29-50-23-20-35(30-50)49-40-14-9-10-34-28-48-22-19-37(34)40)26-43(32)54-24-25-55-44(53)15-8-3-2-7-13-38-39(42(52)27-41(38)51)18-21-45(46,47)31-56-36-11-5-4-6-12-36/h2,4-7,9-12,14,16-19,21-22,26,28,35,38-39,41-42,49,51-52H,3,8,13,15,20,23-25,27,29-31H2,1H3/t35-,38-,39+,41-,42-/m1/s1. The van der Waals surface area contributed by atoms with Gasteiger partial charge in [0.2, 0.25) is 0 Å². The highest BCUT2D eigenvalue weighted by molar-refractivity contribution is 5.93. The van der Waals surface area contributed by atoms with Crippen LogP contribution >= 0.6 is 0 Å². The molecule has 0 radical (unpaired) electrons. The van der Waals surface area contributed by atoms with E-state index < -0.39 is 36.6 Å². The van der Waals surface area contributed by atoms with Gasteiger partial charge in [0.15, 0.2) is 6.61 Å². The van der Waals surface area contributed by atoms with Crippen molar-refractivity contribution in [2.24, 2.45) is 11.8 Å². The van der Waals surface area contributed by atoms with Crippen LogP contribution in [-0.2, 0) is 16.1 Å². The predicted octanol–water partition coefficient (Wildman–Crippen LogP) is 7.90. The average Bonchev–Trinajstić information content (AvgIpc) is 3.75. The SMILES string of the molecule is Cc1ccc(CN2CC[C@@H](Nc3cccc4cnccc34)C2)cc1OCCOC(=O)CCCC=CC[C@@H]1[C@H](C=CC(F)(F)COc2ccccc2)[C@H](O)C[C@H]1O. The zero-order valence-electron chi connectivity index (χ0n) is 31.9. The zero-order valence-corrected chi connectivity index (χ0v) is 31.9. The molecule has 11 heteroatoms. The van der Waals surface area contributed by atoms with Crippen LogP contribution in [0.3, 0.4) is 0 Å². The zero-order chi connectivity index (χ0) is 39.3. The third-order valence-electron chi connectivity index (χ3n) is 10.6. The molecule has 5 atom stereocenters. The van der Waals surface area contributed by atoms with Gasteiger partial charge in [-0.15, -0.1) is 0 Å². The Labute approximate surface area is 328 Å². The molecule has 0 spiro atoms. The molecule has 1 saturated heterocycles. The lowest BCUT2D eigenvalue weighted by Gasteiger charge is -2.20. The number of carbonyl (C=O) groups is 1. The molecule has 4 aromatic rings. The second-order valence-electron chi connectivity index (χ2n) is 14.9. The number of hydrogen-bond donors (Lipinski definition) is 3. The van der Waals surface area contributed by atoms with E-state index >= 15 is 0 Å². The fourth-order valence-electron chi connectivity index (χ4n) is 7.54. The highest BCUT2D eigenvalue weighted by Gasteiger charge is 2.40. The number of aryl methyl sites for hydroxylation is 1. The fraction of sp³-hybridized carbons (Fsp3) is 0.422. The van der Waals surface area contributed by atoms with Gasteiger partial charge in [0.05, 0.1) is 12.2 Å². The van der Waals surface area contributed by atoms with Gasteiger partial charge in [-0.2, -0.15) is 8.78 Å². The number of anilines is 1. The number of unbranched alkanes of at least 4 members (excludes halogenated alkanes) is 1. The van der Waals surface area contributed by atoms with E-state index in [0.717, 1.165) is 54.5 Å². The maximum absolute atomic E-state index is 14.5. The molecule has 0 amide bonds. The Hall–Kier alpha value is -4.84. The first-order valence-corrected chi connectivity index (χ1v) is 19.6. The number of aliphatic hydroxyl groups excluding tert-OH is 2. The van der Waals surface area contributed by atoms with Gasteiger partial charge in [-0.1, -0.05) is 60.7 Å². The molecule has 0 bridgehead atoms. The second kappa shape index (κ2) is 19.8. The topological polar surface area (TPSA) is 113 Å². The Kier molecular flexibility index (Phi) is 14.5. The van der Waals surface area contributed by atoms with Crippen molar-refractivity contribution in [3.8, 4) is 11.5 Å². The number of aromatic nitrogens is 1. The first-order chi connectivity index (χ1) is 27.1. The van der Waals surface area contributed by atoms with Gasteiger partial charge in [-0.25, -0.2) is 0 Å². The lowest BCUT2D eigenvalue weighted by Crippen LogP contribution is -2.26. The fourth-order valence-corrected chi connectivity index (χ4v) is 7.54. The number of alkyl halides is 2. The van der Waals surface area contributed by atoms with Crippen molar-refractivity contribution in [2.45, 2.75) is 76.2 Å². The van der Waals surface area contributed by atoms with Gasteiger partial charge >= 0.3 is 5.97 Å². The van der Waals surface area contributed by atoms with Crippen molar-refractivity contribution in [3.63, 3.8) is 0 Å². The van der Waals surface area contributed by atoms with E-state index in [4.69, 9.17) is 14.2 Å². The number of hydrogen-bond acceptors (Lipinski definition) is 9. The molecular formula is C45H53F2N3O6. The molecule has 1 aromatic heterocycles. The number of nitrogens with one attached hydrogen (secondary N) is 1. The summed E-state index contributed by atoms with van der Waals surface area (Å²) in [5.41, 5.74) is 3.33. The maximum Gasteiger partial charge on any atom is 0.305 e. The summed E-state index contributed by atoms with van der Waals surface area (Å²) in [5.74, 6) is -3.41. The molecule has 6 rings (SSSR count). The summed E-state index contributed by atoms with van der Waals surface area (Å²) in [6.07, 6.45) is 10.9. The summed E-state index contributed by atoms with van der Waals surface area (Å²) in [7, 11) is 0. The first kappa shape index (κ1) is 40.8. The molecule has 9 nitrogen and oxygen atoms in total. The number of aliphatic hydroxyl groups is 2. The minimum atomic E-state index is -3.23. The molecule has 1 aliphatic heterocycles. The van der Waals surface area contributed by atoms with E-state index in [2.05, 4.69) is 57.7 Å². The molecule has 3 N–H and O–H groups in total. The molecule has 3 aromatic carbocycles. The minimum Gasteiger partial charge on any atom is -0.490 e. The predicted molar refractivity (Wildman–Crippen MR) is 214 cm³/mol. The molecule has 298 valence electrons. The number of fused-ring (bicyclic) bond motifs is 1. The number of likely N-dealkylation sites (tertiary alicyclic amines) is 1. The Morgan fingerprint density at radius 3 is 2.73 bits per heavy atom. The molecule has 56 heavy (non-hydrogen) atoms. The van der Waals surface area contributed by atoms with E-state index in [0.29, 0.717) is 31.1 Å². The first-order valence-electron chi connectivity index (χ1n) is 19.6. The number of benzene rings is 3. The van der Waals surface area contributed by atoms with Crippen LogP contribution in [0, 0.1) is 18.8 Å². The van der Waals surface area contributed by atoms with Crippen molar-refractivity contribution in [3.05, 3.63) is 121 Å². The molecule has 0 unspecified atom stereocenters. The Morgan fingerprint density at radius 1 is 1.02 bits per heavy atom. The molecule has 2 heterocycles. The van der Waals surface area contributed by atoms with Crippen LogP contribution in [0.25, 0.3) is 10.8 Å². The van der Waals surface area contributed by atoms with Gasteiger partial charge in [-0.3, -0.25) is 14.7 Å². The maximum atomic E-state index is 14.5. The average molecular weight is 770 g/mol. The number of carbonyl (C=O) groups excluding carboxylic acids is 1. The van der Waals surface area contributed by atoms with Crippen LogP contribution in [0.2, 0.25) is 0 Å². The number of para-hydroxylation sites is 1. The lowest BCUT2D eigenvalue weighted by atomic mass is 9.89. The quantitative estimate of drug-likeness (QED) is 0.0498. The van der Waals surface area contributed by atoms with Crippen LogP contribution in [0.1, 0.15) is 49.7 Å². The number of halogens is 2. The summed E-state index contributed by atoms with van der Waals surface area (Å²) >= 11 is 0. The van der Waals surface area contributed by atoms with Gasteiger partial charge < -0.3 is 29.7 Å². The third-order valence-corrected chi connectivity index (χ3v) is 10.6. The monoisotopic (exact) mass is 769 g/mol. The number of allylic oxidation sites excluding steroid dienone is 2. The van der Waals surface area contributed by atoms with Gasteiger partial charge in [0.1, 0.15) is 24.7 Å². The smallest absolute Gasteiger partial charge is 0.305 e. The number of esters is 1. The van der Waals surface area contributed by atoms with Gasteiger partial charge in [0, 0.05) is 73.3 Å². The number of nitrogens with zero attached hydrogens (tertiary/aromatic N) is 2. The van der Waals surface area contributed by atoms with Crippen LogP contribution < -0.4 is 14.8 Å². The van der Waals surface area contributed by atoms with E-state index in [9.17, 15) is 23.8 Å². The summed E-state index contributed by atoms with van der Waals surface area (Å²) in [6, 6.07) is 23.4. The Morgan fingerprint density at radius 2 is 1.88 bits per heavy atom. The molecule has 1 saturated carbocycles. The van der Waals surface area contributed by atoms with E-state index in [1.54, 1.807) is 30.3 Å². The molecule has 1 aliphatic carbocycles.